The van der Waals surface area contributed by atoms with E-state index in [4.69, 9.17) is 4.74 Å². The first-order valence-corrected chi connectivity index (χ1v) is 6.82. The van der Waals surface area contributed by atoms with Gasteiger partial charge in [0, 0.05) is 18.3 Å². The van der Waals surface area contributed by atoms with Gasteiger partial charge < -0.3 is 15.2 Å². The van der Waals surface area contributed by atoms with Gasteiger partial charge in [0.15, 0.2) is 0 Å². The van der Waals surface area contributed by atoms with Crippen molar-refractivity contribution in [3.05, 3.63) is 53.3 Å². The molecule has 0 aliphatic carbocycles. The van der Waals surface area contributed by atoms with Gasteiger partial charge in [-0.1, -0.05) is 18.2 Å². The van der Waals surface area contributed by atoms with Crippen LogP contribution in [0.4, 0.5) is 5.69 Å². The van der Waals surface area contributed by atoms with Crippen LogP contribution in [0.2, 0.25) is 0 Å². The number of aromatic nitrogens is 1. The molecule has 21 heavy (non-hydrogen) atoms. The molecule has 0 saturated carbocycles. The number of aryl methyl sites for hydroxylation is 1. The predicted molar refractivity (Wildman–Crippen MR) is 79.0 cm³/mol. The first-order valence-electron chi connectivity index (χ1n) is 6.82. The molecule has 0 amide bonds. The van der Waals surface area contributed by atoms with Gasteiger partial charge >= 0.3 is 5.97 Å². The van der Waals surface area contributed by atoms with Crippen LogP contribution in [-0.4, -0.2) is 28.7 Å². The lowest BCUT2D eigenvalue weighted by Gasteiger charge is -2.14. The summed E-state index contributed by atoms with van der Waals surface area (Å²) in [5.74, 6) is -0.0747. The van der Waals surface area contributed by atoms with E-state index in [0.29, 0.717) is 12.2 Å². The third-order valence-electron chi connectivity index (χ3n) is 3.51. The van der Waals surface area contributed by atoms with E-state index in [-0.39, 0.29) is 11.7 Å². The molecule has 1 aliphatic heterocycles. The maximum atomic E-state index is 11.2. The standard InChI is InChI=1S/C16H16N2O3/c1-10-6-14(13(9-17-10)16(19)20)18-8-12-7-11-4-2-3-5-15(11)21-12/h2-6,9,12H,7-8H2,1H3,(H,17,18)(H,19,20). The second kappa shape index (κ2) is 5.44. The van der Waals surface area contributed by atoms with E-state index in [9.17, 15) is 9.90 Å². The Morgan fingerprint density at radius 1 is 1.48 bits per heavy atom. The average molecular weight is 284 g/mol. The van der Waals surface area contributed by atoms with Crippen molar-refractivity contribution in [1.82, 2.24) is 4.98 Å². The number of carbonyl (C=O) groups is 1. The lowest BCUT2D eigenvalue weighted by Crippen LogP contribution is -2.24. The molecule has 0 radical (unpaired) electrons. The van der Waals surface area contributed by atoms with E-state index in [1.807, 2.05) is 25.1 Å². The lowest BCUT2D eigenvalue weighted by molar-refractivity contribution is 0.0697. The number of carboxylic acids is 1. The van der Waals surface area contributed by atoms with Gasteiger partial charge in [-0.15, -0.1) is 0 Å². The monoisotopic (exact) mass is 284 g/mol. The van der Waals surface area contributed by atoms with E-state index in [0.717, 1.165) is 17.9 Å². The molecular weight excluding hydrogens is 268 g/mol. The Kier molecular flexibility index (Phi) is 3.48. The van der Waals surface area contributed by atoms with E-state index in [1.54, 1.807) is 6.07 Å². The molecule has 108 valence electrons. The highest BCUT2D eigenvalue weighted by molar-refractivity contribution is 5.93. The fourth-order valence-electron chi connectivity index (χ4n) is 2.47. The number of ether oxygens (including phenoxy) is 1. The number of hydrogen-bond acceptors (Lipinski definition) is 4. The number of rotatable bonds is 4. The Hall–Kier alpha value is -2.56. The summed E-state index contributed by atoms with van der Waals surface area (Å²) in [4.78, 5) is 15.2. The molecule has 2 aromatic rings. The van der Waals surface area contributed by atoms with Crippen molar-refractivity contribution in [2.24, 2.45) is 0 Å². The zero-order chi connectivity index (χ0) is 14.8. The number of para-hydroxylation sites is 1. The highest BCUT2D eigenvalue weighted by atomic mass is 16.5. The minimum atomic E-state index is -0.986. The Morgan fingerprint density at radius 2 is 2.29 bits per heavy atom. The highest BCUT2D eigenvalue weighted by Crippen LogP contribution is 2.28. The molecule has 1 aliphatic rings. The van der Waals surface area contributed by atoms with Crippen LogP contribution in [0.1, 0.15) is 21.6 Å². The molecular formula is C16H16N2O3. The minimum absolute atomic E-state index is 0.0116. The summed E-state index contributed by atoms with van der Waals surface area (Å²) >= 11 is 0. The van der Waals surface area contributed by atoms with E-state index >= 15 is 0 Å². The molecule has 1 atom stereocenters. The lowest BCUT2D eigenvalue weighted by atomic mass is 10.1. The molecule has 3 rings (SSSR count). The van der Waals surface area contributed by atoms with Crippen molar-refractivity contribution >= 4 is 11.7 Å². The third-order valence-corrected chi connectivity index (χ3v) is 3.51. The number of fused-ring (bicyclic) bond motifs is 1. The second-order valence-corrected chi connectivity index (χ2v) is 5.11. The zero-order valence-corrected chi connectivity index (χ0v) is 11.7. The van der Waals surface area contributed by atoms with E-state index in [1.165, 1.54) is 11.8 Å². The number of anilines is 1. The average Bonchev–Trinajstić information content (AvgIpc) is 2.87. The molecule has 1 unspecified atom stereocenters. The fraction of sp³-hybridized carbons (Fsp3) is 0.250. The van der Waals surface area contributed by atoms with Crippen LogP contribution >= 0.6 is 0 Å². The van der Waals surface area contributed by atoms with E-state index in [2.05, 4.69) is 16.4 Å². The zero-order valence-electron chi connectivity index (χ0n) is 11.7. The molecule has 2 N–H and O–H groups in total. The molecule has 2 heterocycles. The maximum Gasteiger partial charge on any atom is 0.339 e. The molecule has 5 heteroatoms. The quantitative estimate of drug-likeness (QED) is 0.902. The van der Waals surface area contributed by atoms with Gasteiger partial charge in [-0.2, -0.15) is 0 Å². The van der Waals surface area contributed by atoms with Gasteiger partial charge in [-0.25, -0.2) is 4.79 Å². The number of nitrogens with one attached hydrogen (secondary N) is 1. The number of nitrogens with zero attached hydrogens (tertiary/aromatic N) is 1. The van der Waals surface area contributed by atoms with Crippen LogP contribution in [0.15, 0.2) is 36.5 Å². The smallest absolute Gasteiger partial charge is 0.339 e. The third kappa shape index (κ3) is 2.81. The van der Waals surface area contributed by atoms with Gasteiger partial charge in [-0.05, 0) is 24.6 Å². The summed E-state index contributed by atoms with van der Waals surface area (Å²) in [6, 6.07) is 9.69. The van der Waals surface area contributed by atoms with Crippen molar-refractivity contribution in [2.45, 2.75) is 19.4 Å². The van der Waals surface area contributed by atoms with Gasteiger partial charge in [0.2, 0.25) is 0 Å². The normalized spacial score (nSPS) is 16.1. The van der Waals surface area contributed by atoms with Crippen LogP contribution in [0.5, 0.6) is 5.75 Å². The summed E-state index contributed by atoms with van der Waals surface area (Å²) in [5.41, 5.74) is 2.72. The summed E-state index contributed by atoms with van der Waals surface area (Å²) in [6.45, 7) is 2.39. The second-order valence-electron chi connectivity index (χ2n) is 5.11. The van der Waals surface area contributed by atoms with Crippen LogP contribution < -0.4 is 10.1 Å². The molecule has 0 fully saturated rings. The van der Waals surface area contributed by atoms with Crippen molar-refractivity contribution in [1.29, 1.82) is 0 Å². The Labute approximate surface area is 122 Å². The fourth-order valence-corrected chi connectivity index (χ4v) is 2.47. The van der Waals surface area contributed by atoms with Crippen molar-refractivity contribution < 1.29 is 14.6 Å². The topological polar surface area (TPSA) is 71.5 Å². The van der Waals surface area contributed by atoms with Gasteiger partial charge in [0.1, 0.15) is 17.4 Å². The molecule has 1 aromatic carbocycles. The molecule has 5 nitrogen and oxygen atoms in total. The maximum absolute atomic E-state index is 11.2. The molecule has 0 spiro atoms. The van der Waals surface area contributed by atoms with Crippen molar-refractivity contribution in [3.63, 3.8) is 0 Å². The van der Waals surface area contributed by atoms with Crippen LogP contribution in [0.25, 0.3) is 0 Å². The minimum Gasteiger partial charge on any atom is -0.488 e. The summed E-state index contributed by atoms with van der Waals surface area (Å²) in [6.07, 6.45) is 2.22. The van der Waals surface area contributed by atoms with Crippen LogP contribution in [-0.2, 0) is 6.42 Å². The molecule has 0 saturated heterocycles. The summed E-state index contributed by atoms with van der Waals surface area (Å²) in [7, 11) is 0. The number of benzene rings is 1. The summed E-state index contributed by atoms with van der Waals surface area (Å²) < 4.78 is 5.83. The summed E-state index contributed by atoms with van der Waals surface area (Å²) in [5, 5.41) is 12.3. The SMILES string of the molecule is Cc1cc(NCC2Cc3ccccc3O2)c(C(=O)O)cn1. The van der Waals surface area contributed by atoms with E-state index < -0.39 is 5.97 Å². The first kappa shape index (κ1) is 13.4. The predicted octanol–water partition coefficient (Wildman–Crippen LogP) is 2.50. The number of aromatic carboxylic acids is 1. The largest absolute Gasteiger partial charge is 0.488 e. The van der Waals surface area contributed by atoms with Crippen LogP contribution in [0, 0.1) is 6.92 Å². The van der Waals surface area contributed by atoms with Gasteiger partial charge in [-0.3, -0.25) is 4.98 Å². The first-order chi connectivity index (χ1) is 10.1. The van der Waals surface area contributed by atoms with Crippen molar-refractivity contribution in [3.8, 4) is 5.75 Å². The number of pyridine rings is 1. The number of hydrogen-bond donors (Lipinski definition) is 2. The highest BCUT2D eigenvalue weighted by Gasteiger charge is 2.22. The van der Waals surface area contributed by atoms with Crippen molar-refractivity contribution in [2.75, 3.05) is 11.9 Å². The van der Waals surface area contributed by atoms with Crippen LogP contribution in [0.3, 0.4) is 0 Å². The van der Waals surface area contributed by atoms with Gasteiger partial charge in [0.25, 0.3) is 0 Å². The Balaban J connectivity index is 1.69. The Bertz CT molecular complexity index is 660. The van der Waals surface area contributed by atoms with Gasteiger partial charge in [0.05, 0.1) is 12.2 Å². The molecule has 0 bridgehead atoms. The molecule has 1 aromatic heterocycles. The number of carboxylic acid groups (broad SMARTS) is 1. The Morgan fingerprint density at radius 3 is 3.05 bits per heavy atom.